The topological polar surface area (TPSA) is 98.3 Å². The molecule has 0 aliphatic carbocycles. The number of rotatable bonds is 6. The normalized spacial score (nSPS) is 10.5. The van der Waals surface area contributed by atoms with E-state index in [2.05, 4.69) is 10.2 Å². The number of ketones is 1. The first kappa shape index (κ1) is 17.3. The molecule has 0 aliphatic heterocycles. The van der Waals surface area contributed by atoms with Gasteiger partial charge in [-0.3, -0.25) is 14.4 Å². The number of ether oxygens (including phenoxy) is 2. The average molecular weight is 352 g/mol. The van der Waals surface area contributed by atoms with Gasteiger partial charge in [-0.15, -0.1) is 0 Å². The summed E-state index contributed by atoms with van der Waals surface area (Å²) in [6.45, 7) is -0.369. The van der Waals surface area contributed by atoms with Crippen molar-refractivity contribution in [3.05, 3.63) is 70.1 Å². The van der Waals surface area contributed by atoms with Crippen LogP contribution in [0.1, 0.15) is 16.1 Å². The molecule has 7 heteroatoms. The molecule has 1 heterocycles. The Balaban J connectivity index is 1.65. The van der Waals surface area contributed by atoms with Crippen molar-refractivity contribution in [3.63, 3.8) is 0 Å². The van der Waals surface area contributed by atoms with Gasteiger partial charge in [-0.2, -0.15) is 5.10 Å². The molecule has 0 aliphatic rings. The van der Waals surface area contributed by atoms with E-state index in [1.165, 1.54) is 7.11 Å². The summed E-state index contributed by atoms with van der Waals surface area (Å²) in [5.74, 6) is -0.286. The molecular formula is C19H16N2O5. The van der Waals surface area contributed by atoms with E-state index in [-0.39, 0.29) is 24.4 Å². The van der Waals surface area contributed by atoms with Crippen molar-refractivity contribution in [2.75, 3.05) is 13.7 Å². The fraction of sp³-hybridized carbons (Fsp3) is 0.158. The molecule has 0 unspecified atom stereocenters. The van der Waals surface area contributed by atoms with E-state index in [0.717, 1.165) is 0 Å². The molecule has 0 spiro atoms. The van der Waals surface area contributed by atoms with Gasteiger partial charge >= 0.3 is 5.97 Å². The predicted molar refractivity (Wildman–Crippen MR) is 94.4 cm³/mol. The number of esters is 1. The molecule has 1 N–H and O–H groups in total. The number of nitrogens with one attached hydrogen (secondary N) is 1. The maximum absolute atomic E-state index is 12.1. The number of aromatic amines is 1. The standard InChI is InChI=1S/C19H16N2O5/c1-25-13-8-6-12(7-9-13)17(22)11-26-18(23)10-16-14-4-2-3-5-15(14)19(24)21-20-16/h2-9H,10-11H2,1H3,(H,21,24). The molecule has 0 bridgehead atoms. The average Bonchev–Trinajstić information content (AvgIpc) is 2.68. The van der Waals surface area contributed by atoms with E-state index in [0.29, 0.717) is 27.8 Å². The van der Waals surface area contributed by atoms with Crippen molar-refractivity contribution in [1.82, 2.24) is 10.2 Å². The maximum Gasteiger partial charge on any atom is 0.312 e. The van der Waals surface area contributed by atoms with Crippen LogP contribution in [-0.2, 0) is 16.0 Å². The number of carbonyl (C=O) groups is 2. The fourth-order valence-corrected chi connectivity index (χ4v) is 2.50. The van der Waals surface area contributed by atoms with Crippen LogP contribution < -0.4 is 10.3 Å². The van der Waals surface area contributed by atoms with Crippen LogP contribution in [0.3, 0.4) is 0 Å². The number of aromatic nitrogens is 2. The van der Waals surface area contributed by atoms with Gasteiger partial charge in [0, 0.05) is 10.9 Å². The first-order valence-corrected chi connectivity index (χ1v) is 7.87. The summed E-state index contributed by atoms with van der Waals surface area (Å²) in [6.07, 6.45) is -0.146. The van der Waals surface area contributed by atoms with Gasteiger partial charge < -0.3 is 9.47 Å². The van der Waals surface area contributed by atoms with Gasteiger partial charge in [0.1, 0.15) is 5.75 Å². The highest BCUT2D eigenvalue weighted by Crippen LogP contribution is 2.14. The number of hydrogen-bond acceptors (Lipinski definition) is 6. The summed E-state index contributed by atoms with van der Waals surface area (Å²) < 4.78 is 10.1. The number of carbonyl (C=O) groups excluding carboxylic acids is 2. The van der Waals surface area contributed by atoms with Crippen molar-refractivity contribution in [2.45, 2.75) is 6.42 Å². The van der Waals surface area contributed by atoms with Crippen molar-refractivity contribution >= 4 is 22.5 Å². The van der Waals surface area contributed by atoms with Crippen molar-refractivity contribution in [3.8, 4) is 5.75 Å². The minimum absolute atomic E-state index is 0.146. The third-order valence-corrected chi connectivity index (χ3v) is 3.86. The number of fused-ring (bicyclic) bond motifs is 1. The number of hydrogen-bond donors (Lipinski definition) is 1. The van der Waals surface area contributed by atoms with Crippen LogP contribution >= 0.6 is 0 Å². The third-order valence-electron chi connectivity index (χ3n) is 3.86. The van der Waals surface area contributed by atoms with Gasteiger partial charge in [0.2, 0.25) is 0 Å². The highest BCUT2D eigenvalue weighted by atomic mass is 16.5. The van der Waals surface area contributed by atoms with Crippen molar-refractivity contribution < 1.29 is 19.1 Å². The SMILES string of the molecule is COc1ccc(C(=O)COC(=O)Cc2n[nH]c(=O)c3ccccc23)cc1. The molecule has 0 fully saturated rings. The van der Waals surface area contributed by atoms with Gasteiger partial charge in [0.15, 0.2) is 12.4 Å². The van der Waals surface area contributed by atoms with Crippen LogP contribution in [0.15, 0.2) is 53.3 Å². The Labute approximate surface area is 148 Å². The Morgan fingerprint density at radius 1 is 1.04 bits per heavy atom. The highest BCUT2D eigenvalue weighted by molar-refractivity contribution is 5.98. The fourth-order valence-electron chi connectivity index (χ4n) is 2.50. The maximum atomic E-state index is 12.1. The largest absolute Gasteiger partial charge is 0.497 e. The van der Waals surface area contributed by atoms with Crippen molar-refractivity contribution in [2.24, 2.45) is 0 Å². The molecule has 0 radical (unpaired) electrons. The highest BCUT2D eigenvalue weighted by Gasteiger charge is 2.14. The number of H-pyrrole nitrogens is 1. The molecule has 1 aromatic heterocycles. The second kappa shape index (κ2) is 7.60. The zero-order chi connectivity index (χ0) is 18.5. The molecule has 0 atom stereocenters. The zero-order valence-corrected chi connectivity index (χ0v) is 14.0. The summed E-state index contributed by atoms with van der Waals surface area (Å²) in [4.78, 5) is 35.9. The first-order valence-electron chi connectivity index (χ1n) is 7.87. The molecule has 0 saturated carbocycles. The first-order chi connectivity index (χ1) is 12.6. The molecule has 0 amide bonds. The lowest BCUT2D eigenvalue weighted by atomic mass is 10.1. The second-order valence-electron chi connectivity index (χ2n) is 5.53. The van der Waals surface area contributed by atoms with Gasteiger partial charge in [-0.1, -0.05) is 18.2 Å². The molecule has 0 saturated heterocycles. The van der Waals surface area contributed by atoms with E-state index >= 15 is 0 Å². The number of methoxy groups -OCH3 is 1. The number of Topliss-reactive ketones (excluding diaryl/α,β-unsaturated/α-hetero) is 1. The van der Waals surface area contributed by atoms with E-state index in [1.807, 2.05) is 0 Å². The summed E-state index contributed by atoms with van der Waals surface area (Å²) in [7, 11) is 1.53. The van der Waals surface area contributed by atoms with Crippen LogP contribution in [0.5, 0.6) is 5.75 Å². The summed E-state index contributed by atoms with van der Waals surface area (Å²) in [5, 5.41) is 7.29. The second-order valence-corrected chi connectivity index (χ2v) is 5.53. The Bertz CT molecular complexity index is 1010. The Morgan fingerprint density at radius 3 is 2.42 bits per heavy atom. The third kappa shape index (κ3) is 3.77. The van der Waals surface area contributed by atoms with E-state index in [1.54, 1.807) is 48.5 Å². The molecule has 26 heavy (non-hydrogen) atoms. The van der Waals surface area contributed by atoms with Crippen LogP contribution in [0, 0.1) is 0 Å². The Kier molecular flexibility index (Phi) is 5.07. The van der Waals surface area contributed by atoms with Crippen LogP contribution in [0.4, 0.5) is 0 Å². The number of benzene rings is 2. The monoisotopic (exact) mass is 352 g/mol. The molecule has 3 aromatic rings. The predicted octanol–water partition coefficient (Wildman–Crippen LogP) is 1.90. The van der Waals surface area contributed by atoms with Gasteiger partial charge in [0.25, 0.3) is 5.56 Å². The summed E-state index contributed by atoms with van der Waals surface area (Å²) >= 11 is 0. The molecular weight excluding hydrogens is 336 g/mol. The van der Waals surface area contributed by atoms with E-state index < -0.39 is 5.97 Å². The van der Waals surface area contributed by atoms with Gasteiger partial charge in [-0.05, 0) is 30.3 Å². The number of nitrogens with zero attached hydrogens (tertiary/aromatic N) is 1. The van der Waals surface area contributed by atoms with Crippen LogP contribution in [0.2, 0.25) is 0 Å². The quantitative estimate of drug-likeness (QED) is 0.537. The van der Waals surface area contributed by atoms with E-state index in [4.69, 9.17) is 9.47 Å². The van der Waals surface area contributed by atoms with Crippen LogP contribution in [0.25, 0.3) is 10.8 Å². The van der Waals surface area contributed by atoms with Gasteiger partial charge in [-0.25, -0.2) is 5.10 Å². The zero-order valence-electron chi connectivity index (χ0n) is 14.0. The lowest BCUT2D eigenvalue weighted by Crippen LogP contribution is -2.18. The molecule has 3 rings (SSSR count). The van der Waals surface area contributed by atoms with Crippen LogP contribution in [-0.4, -0.2) is 35.7 Å². The molecule has 132 valence electrons. The lowest BCUT2D eigenvalue weighted by Gasteiger charge is -2.06. The summed E-state index contributed by atoms with van der Waals surface area (Å²) in [5.41, 5.74) is 0.487. The molecule has 7 nitrogen and oxygen atoms in total. The Morgan fingerprint density at radius 2 is 1.73 bits per heavy atom. The summed E-state index contributed by atoms with van der Waals surface area (Å²) in [6, 6.07) is 13.4. The lowest BCUT2D eigenvalue weighted by molar-refractivity contribution is -0.141. The Hall–Kier alpha value is -3.48. The minimum atomic E-state index is -0.600. The van der Waals surface area contributed by atoms with Crippen molar-refractivity contribution in [1.29, 1.82) is 0 Å². The minimum Gasteiger partial charge on any atom is -0.497 e. The van der Waals surface area contributed by atoms with Gasteiger partial charge in [0.05, 0.1) is 24.6 Å². The smallest absolute Gasteiger partial charge is 0.312 e. The molecule has 2 aromatic carbocycles. The van der Waals surface area contributed by atoms with E-state index in [9.17, 15) is 14.4 Å².